The van der Waals surface area contributed by atoms with E-state index in [0.29, 0.717) is 24.7 Å². The number of amides is 2. The molecule has 6 nitrogen and oxygen atoms in total. The van der Waals surface area contributed by atoms with Crippen LogP contribution in [0, 0.1) is 0 Å². The molecule has 1 saturated heterocycles. The van der Waals surface area contributed by atoms with E-state index in [1.165, 1.54) is 11.8 Å². The highest BCUT2D eigenvalue weighted by Crippen LogP contribution is 2.30. The van der Waals surface area contributed by atoms with E-state index >= 15 is 0 Å². The van der Waals surface area contributed by atoms with Crippen molar-refractivity contribution >= 4 is 22.9 Å². The summed E-state index contributed by atoms with van der Waals surface area (Å²) in [6.07, 6.45) is 0. The molecule has 0 unspecified atom stereocenters. The van der Waals surface area contributed by atoms with Gasteiger partial charge in [-0.3, -0.25) is 9.59 Å². The number of nitrogens with zero attached hydrogens (tertiary/aromatic N) is 1. The van der Waals surface area contributed by atoms with Gasteiger partial charge in [-0.15, -0.1) is 0 Å². The maximum Gasteiger partial charge on any atom is 0.282 e. The van der Waals surface area contributed by atoms with Crippen molar-refractivity contribution in [2.24, 2.45) is 0 Å². The lowest BCUT2D eigenvalue weighted by Gasteiger charge is -2.19. The number of thioether (sulfide) groups is 1. The van der Waals surface area contributed by atoms with Crippen LogP contribution in [0.1, 0.15) is 25.5 Å². The Morgan fingerprint density at radius 3 is 2.83 bits per heavy atom. The van der Waals surface area contributed by atoms with E-state index < -0.39 is 0 Å². The summed E-state index contributed by atoms with van der Waals surface area (Å²) in [6, 6.07) is 5.40. The lowest BCUT2D eigenvalue weighted by molar-refractivity contribution is -0.122. The van der Waals surface area contributed by atoms with Gasteiger partial charge in [-0.2, -0.15) is 0 Å². The minimum atomic E-state index is -0.183. The molecule has 2 rings (SSSR count). The minimum absolute atomic E-state index is 0.0319. The van der Waals surface area contributed by atoms with Crippen molar-refractivity contribution < 1.29 is 19.1 Å². The van der Waals surface area contributed by atoms with Crippen LogP contribution in [0.25, 0.3) is 0 Å². The maximum atomic E-state index is 12.1. The molecule has 1 fully saturated rings. The Morgan fingerprint density at radius 2 is 2.22 bits per heavy atom. The predicted octanol–water partition coefficient (Wildman–Crippen LogP) is 2.44. The number of carbonyl (C=O) groups is 2. The largest absolute Gasteiger partial charge is 0.493 e. The molecule has 1 aliphatic rings. The predicted molar refractivity (Wildman–Crippen MR) is 90.1 cm³/mol. The third kappa shape index (κ3) is 4.54. The van der Waals surface area contributed by atoms with E-state index in [4.69, 9.17) is 9.47 Å². The Morgan fingerprint density at radius 1 is 1.43 bits per heavy atom. The van der Waals surface area contributed by atoms with Crippen LogP contribution in [0.2, 0.25) is 0 Å². The Hall–Kier alpha value is -1.89. The zero-order chi connectivity index (χ0) is 16.8. The monoisotopic (exact) mass is 338 g/mol. The summed E-state index contributed by atoms with van der Waals surface area (Å²) in [5.41, 5.74) is 0.917. The van der Waals surface area contributed by atoms with Gasteiger partial charge >= 0.3 is 0 Å². The quantitative estimate of drug-likeness (QED) is 0.827. The number of rotatable bonds is 7. The number of nitrogens with one attached hydrogen (secondary N) is 1. The highest BCUT2D eigenvalue weighted by molar-refractivity contribution is 8.13. The van der Waals surface area contributed by atoms with E-state index in [-0.39, 0.29) is 23.7 Å². The molecule has 0 bridgehead atoms. The molecule has 23 heavy (non-hydrogen) atoms. The standard InChI is InChI=1S/C16H22N2O4S/c1-4-22-13-6-5-12(9-14(13)21-3)11(2)17-15(19)10-18-7-8-23-16(18)20/h5-6,9,11H,4,7-8,10H2,1-3H3,(H,17,19)/t11-/m1/s1. The van der Waals surface area contributed by atoms with Crippen LogP contribution in [-0.2, 0) is 4.79 Å². The van der Waals surface area contributed by atoms with Crippen LogP contribution in [0.15, 0.2) is 18.2 Å². The fourth-order valence-corrected chi connectivity index (χ4v) is 3.17. The number of ether oxygens (including phenoxy) is 2. The normalized spacial score (nSPS) is 15.4. The Bertz CT molecular complexity index is 579. The van der Waals surface area contributed by atoms with Gasteiger partial charge in [-0.25, -0.2) is 0 Å². The highest BCUT2D eigenvalue weighted by Gasteiger charge is 2.24. The molecule has 0 aliphatic carbocycles. The third-order valence-corrected chi connectivity index (χ3v) is 4.44. The van der Waals surface area contributed by atoms with E-state index in [2.05, 4.69) is 5.32 Å². The van der Waals surface area contributed by atoms with E-state index in [1.54, 1.807) is 12.0 Å². The van der Waals surface area contributed by atoms with Gasteiger partial charge in [0.25, 0.3) is 5.24 Å². The number of benzene rings is 1. The molecule has 2 amide bonds. The zero-order valence-corrected chi connectivity index (χ0v) is 14.4. The van der Waals surface area contributed by atoms with Gasteiger partial charge in [0.1, 0.15) is 6.54 Å². The molecule has 0 saturated carbocycles. The van der Waals surface area contributed by atoms with Crippen molar-refractivity contribution in [1.82, 2.24) is 10.2 Å². The zero-order valence-electron chi connectivity index (χ0n) is 13.6. The smallest absolute Gasteiger partial charge is 0.282 e. The molecule has 1 aromatic carbocycles. The van der Waals surface area contributed by atoms with Gasteiger partial charge in [0.2, 0.25) is 5.91 Å². The van der Waals surface area contributed by atoms with Gasteiger partial charge < -0.3 is 19.7 Å². The van der Waals surface area contributed by atoms with Crippen molar-refractivity contribution in [2.75, 3.05) is 32.6 Å². The van der Waals surface area contributed by atoms with Crippen molar-refractivity contribution in [1.29, 1.82) is 0 Å². The van der Waals surface area contributed by atoms with Crippen LogP contribution < -0.4 is 14.8 Å². The van der Waals surface area contributed by atoms with Gasteiger partial charge in [-0.05, 0) is 31.5 Å². The molecule has 1 aliphatic heterocycles. The van der Waals surface area contributed by atoms with Crippen LogP contribution in [-0.4, -0.2) is 48.6 Å². The first kappa shape index (κ1) is 17.5. The molecule has 7 heteroatoms. The Labute approximate surface area is 140 Å². The van der Waals surface area contributed by atoms with Crippen LogP contribution in [0.5, 0.6) is 11.5 Å². The van der Waals surface area contributed by atoms with Crippen LogP contribution in [0.3, 0.4) is 0 Å². The van der Waals surface area contributed by atoms with E-state index in [9.17, 15) is 9.59 Å². The Balaban J connectivity index is 1.98. The van der Waals surface area contributed by atoms with E-state index in [1.807, 2.05) is 32.0 Å². The van der Waals surface area contributed by atoms with Crippen molar-refractivity contribution in [3.8, 4) is 11.5 Å². The summed E-state index contributed by atoms with van der Waals surface area (Å²) in [5, 5.41) is 2.88. The summed E-state index contributed by atoms with van der Waals surface area (Å²) in [4.78, 5) is 25.2. The molecule has 1 heterocycles. The minimum Gasteiger partial charge on any atom is -0.493 e. The van der Waals surface area contributed by atoms with Gasteiger partial charge in [0, 0.05) is 12.3 Å². The second-order valence-electron chi connectivity index (χ2n) is 5.17. The number of hydrogen-bond donors (Lipinski definition) is 1. The average Bonchev–Trinajstić information content (AvgIpc) is 2.92. The SMILES string of the molecule is CCOc1ccc([C@@H](C)NC(=O)CN2CCSC2=O)cc1OC. The fourth-order valence-electron chi connectivity index (χ4n) is 2.34. The first-order valence-corrected chi connectivity index (χ1v) is 8.55. The molecule has 0 aromatic heterocycles. The lowest BCUT2D eigenvalue weighted by Crippen LogP contribution is -2.38. The molecule has 0 spiro atoms. The molecule has 126 valence electrons. The fraction of sp³-hybridized carbons (Fsp3) is 0.500. The molecular formula is C16H22N2O4S. The van der Waals surface area contributed by atoms with Gasteiger partial charge in [0.05, 0.1) is 19.8 Å². The van der Waals surface area contributed by atoms with Gasteiger partial charge in [0.15, 0.2) is 11.5 Å². The second-order valence-corrected chi connectivity index (χ2v) is 6.21. The number of carbonyl (C=O) groups excluding carboxylic acids is 2. The van der Waals surface area contributed by atoms with Crippen LogP contribution >= 0.6 is 11.8 Å². The van der Waals surface area contributed by atoms with Crippen molar-refractivity contribution in [3.63, 3.8) is 0 Å². The Kier molecular flexibility index (Phi) is 6.15. The molecule has 0 radical (unpaired) electrons. The molecule has 1 atom stereocenters. The lowest BCUT2D eigenvalue weighted by atomic mass is 10.1. The highest BCUT2D eigenvalue weighted by atomic mass is 32.2. The van der Waals surface area contributed by atoms with E-state index in [0.717, 1.165) is 11.3 Å². The topological polar surface area (TPSA) is 67.9 Å². The number of hydrogen-bond acceptors (Lipinski definition) is 5. The van der Waals surface area contributed by atoms with Crippen LogP contribution in [0.4, 0.5) is 4.79 Å². The maximum absolute atomic E-state index is 12.1. The summed E-state index contributed by atoms with van der Waals surface area (Å²) < 4.78 is 10.8. The van der Waals surface area contributed by atoms with Gasteiger partial charge in [-0.1, -0.05) is 17.8 Å². The summed E-state index contributed by atoms with van der Waals surface area (Å²) in [6.45, 7) is 5.10. The third-order valence-electron chi connectivity index (χ3n) is 3.54. The summed E-state index contributed by atoms with van der Waals surface area (Å²) in [5.74, 6) is 1.90. The number of methoxy groups -OCH3 is 1. The van der Waals surface area contributed by atoms with Crippen molar-refractivity contribution in [2.45, 2.75) is 19.9 Å². The second kappa shape index (κ2) is 8.10. The molecule has 1 N–H and O–H groups in total. The average molecular weight is 338 g/mol. The first-order chi connectivity index (χ1) is 11.0. The van der Waals surface area contributed by atoms with Crippen molar-refractivity contribution in [3.05, 3.63) is 23.8 Å². The summed E-state index contributed by atoms with van der Waals surface area (Å²) in [7, 11) is 1.58. The first-order valence-electron chi connectivity index (χ1n) is 7.57. The molecular weight excluding hydrogens is 316 g/mol. The molecule has 1 aromatic rings. The summed E-state index contributed by atoms with van der Waals surface area (Å²) >= 11 is 1.25.